The van der Waals surface area contributed by atoms with Crippen LogP contribution in [0.1, 0.15) is 21.0 Å². The molecule has 23 heavy (non-hydrogen) atoms. The van der Waals surface area contributed by atoms with Gasteiger partial charge in [-0.1, -0.05) is 6.07 Å². The van der Waals surface area contributed by atoms with Gasteiger partial charge in [-0.2, -0.15) is 0 Å². The van der Waals surface area contributed by atoms with E-state index in [0.29, 0.717) is 11.5 Å². The van der Waals surface area contributed by atoms with Crippen molar-refractivity contribution in [3.05, 3.63) is 66.6 Å². The van der Waals surface area contributed by atoms with Gasteiger partial charge in [-0.3, -0.25) is 19.1 Å². The maximum absolute atomic E-state index is 12.3. The summed E-state index contributed by atoms with van der Waals surface area (Å²) in [6.07, 6.45) is 6.33. The van der Waals surface area contributed by atoms with E-state index in [9.17, 15) is 9.59 Å². The Kier molecular flexibility index (Phi) is 3.79. The number of aromatic nitrogens is 4. The molecule has 0 radical (unpaired) electrons. The number of anilines is 1. The Morgan fingerprint density at radius 2 is 2.00 bits per heavy atom. The van der Waals surface area contributed by atoms with Crippen molar-refractivity contribution in [1.29, 1.82) is 0 Å². The van der Waals surface area contributed by atoms with Crippen LogP contribution >= 0.6 is 0 Å². The average Bonchev–Trinajstić information content (AvgIpc) is 3.10. The molecule has 8 nitrogen and oxygen atoms in total. The molecule has 0 bridgehead atoms. The quantitative estimate of drug-likeness (QED) is 0.746. The summed E-state index contributed by atoms with van der Waals surface area (Å²) >= 11 is 0. The highest BCUT2D eigenvalue weighted by Gasteiger charge is 2.10. The summed E-state index contributed by atoms with van der Waals surface area (Å²) in [5.41, 5.74) is 5.88. The zero-order valence-corrected chi connectivity index (χ0v) is 11.9. The number of carbonyl (C=O) groups excluding carboxylic acids is 2. The topological polar surface area (TPSA) is 116 Å². The summed E-state index contributed by atoms with van der Waals surface area (Å²) in [5, 5.41) is 2.65. The highest BCUT2D eigenvalue weighted by Crippen LogP contribution is 2.11. The lowest BCUT2D eigenvalue weighted by Gasteiger charge is -2.07. The first-order valence-electron chi connectivity index (χ1n) is 6.66. The number of rotatable bonds is 4. The summed E-state index contributed by atoms with van der Waals surface area (Å²) in [6, 6.07) is 8.03. The fourth-order valence-electron chi connectivity index (χ4n) is 1.93. The van der Waals surface area contributed by atoms with Gasteiger partial charge in [0.2, 0.25) is 0 Å². The molecular weight excluding hydrogens is 296 g/mol. The lowest BCUT2D eigenvalue weighted by molar-refractivity contribution is 0.0991. The molecule has 3 heterocycles. The van der Waals surface area contributed by atoms with Crippen LogP contribution in [0.25, 0.3) is 5.82 Å². The summed E-state index contributed by atoms with van der Waals surface area (Å²) in [6.45, 7) is 0. The molecule has 0 atom stereocenters. The van der Waals surface area contributed by atoms with E-state index in [-0.39, 0.29) is 11.4 Å². The molecule has 3 aromatic heterocycles. The first-order chi connectivity index (χ1) is 11.1. The van der Waals surface area contributed by atoms with E-state index < -0.39 is 11.8 Å². The molecule has 114 valence electrons. The summed E-state index contributed by atoms with van der Waals surface area (Å²) in [5.74, 6) is -0.502. The van der Waals surface area contributed by atoms with Gasteiger partial charge in [-0.15, -0.1) is 0 Å². The second kappa shape index (κ2) is 6.06. The molecular formula is C15H12N6O2. The third kappa shape index (κ3) is 3.21. The number of hydrogen-bond donors (Lipinski definition) is 2. The standard InChI is InChI=1S/C15H12N6O2/c16-14(22)12-8-10(4-5-18-12)19-15(23)11-2-1-3-13(20-11)21-7-6-17-9-21/h1-9H,(H2,16,22)(H,18,19,23). The van der Waals surface area contributed by atoms with E-state index in [1.807, 2.05) is 0 Å². The first kappa shape index (κ1) is 14.4. The Balaban J connectivity index is 1.82. The van der Waals surface area contributed by atoms with Crippen LogP contribution in [-0.2, 0) is 0 Å². The van der Waals surface area contributed by atoms with Crippen LogP contribution in [-0.4, -0.2) is 31.3 Å². The van der Waals surface area contributed by atoms with E-state index >= 15 is 0 Å². The highest BCUT2D eigenvalue weighted by molar-refractivity contribution is 6.03. The number of hydrogen-bond acceptors (Lipinski definition) is 5. The van der Waals surface area contributed by atoms with Gasteiger partial charge in [0, 0.05) is 24.3 Å². The van der Waals surface area contributed by atoms with Crippen molar-refractivity contribution in [2.24, 2.45) is 5.73 Å². The van der Waals surface area contributed by atoms with Crippen molar-refractivity contribution in [2.75, 3.05) is 5.32 Å². The smallest absolute Gasteiger partial charge is 0.274 e. The monoisotopic (exact) mass is 308 g/mol. The molecule has 0 saturated carbocycles. The molecule has 0 spiro atoms. The molecule has 3 aromatic rings. The Morgan fingerprint density at radius 1 is 1.13 bits per heavy atom. The van der Waals surface area contributed by atoms with Crippen LogP contribution in [0.5, 0.6) is 0 Å². The van der Waals surface area contributed by atoms with Gasteiger partial charge >= 0.3 is 0 Å². The fraction of sp³-hybridized carbons (Fsp3) is 0. The number of carbonyl (C=O) groups is 2. The molecule has 0 aromatic carbocycles. The van der Waals surface area contributed by atoms with Gasteiger partial charge in [0.25, 0.3) is 11.8 Å². The van der Waals surface area contributed by atoms with Crippen LogP contribution in [0.4, 0.5) is 5.69 Å². The lowest BCUT2D eigenvalue weighted by Crippen LogP contribution is -2.17. The SMILES string of the molecule is NC(=O)c1cc(NC(=O)c2cccc(-n3ccnc3)n2)ccn1. The minimum atomic E-state index is -0.665. The van der Waals surface area contributed by atoms with Gasteiger partial charge in [-0.25, -0.2) is 9.97 Å². The Bertz CT molecular complexity index is 860. The van der Waals surface area contributed by atoms with Crippen LogP contribution in [0.2, 0.25) is 0 Å². The number of imidazole rings is 1. The number of pyridine rings is 2. The molecule has 2 amide bonds. The molecule has 0 unspecified atom stereocenters. The van der Waals surface area contributed by atoms with Crippen molar-refractivity contribution in [3.63, 3.8) is 0 Å². The van der Waals surface area contributed by atoms with Gasteiger partial charge in [0.05, 0.1) is 0 Å². The fourth-order valence-corrected chi connectivity index (χ4v) is 1.93. The predicted molar refractivity (Wildman–Crippen MR) is 82.1 cm³/mol. The molecule has 0 fully saturated rings. The summed E-state index contributed by atoms with van der Waals surface area (Å²) < 4.78 is 1.69. The molecule has 0 aliphatic carbocycles. The Hall–Kier alpha value is -3.55. The number of amides is 2. The predicted octanol–water partition coefficient (Wildman–Crippen LogP) is 1.01. The maximum Gasteiger partial charge on any atom is 0.274 e. The Labute approximate surface area is 131 Å². The van der Waals surface area contributed by atoms with Crippen molar-refractivity contribution < 1.29 is 9.59 Å². The molecule has 0 aliphatic heterocycles. The summed E-state index contributed by atoms with van der Waals surface area (Å²) in [7, 11) is 0. The van der Waals surface area contributed by atoms with Crippen LogP contribution in [0.3, 0.4) is 0 Å². The van der Waals surface area contributed by atoms with E-state index in [4.69, 9.17) is 5.73 Å². The van der Waals surface area contributed by atoms with E-state index in [1.54, 1.807) is 47.6 Å². The number of primary amides is 1. The highest BCUT2D eigenvalue weighted by atomic mass is 16.2. The van der Waals surface area contributed by atoms with Crippen LogP contribution in [0, 0.1) is 0 Å². The van der Waals surface area contributed by atoms with Crippen LogP contribution < -0.4 is 11.1 Å². The van der Waals surface area contributed by atoms with E-state index in [2.05, 4.69) is 20.3 Å². The molecule has 8 heteroatoms. The first-order valence-corrected chi connectivity index (χ1v) is 6.66. The van der Waals surface area contributed by atoms with Gasteiger partial charge in [0.15, 0.2) is 0 Å². The van der Waals surface area contributed by atoms with Gasteiger partial charge < -0.3 is 11.1 Å². The third-order valence-corrected chi connectivity index (χ3v) is 3.01. The minimum Gasteiger partial charge on any atom is -0.364 e. The second-order valence-corrected chi connectivity index (χ2v) is 4.60. The molecule has 3 rings (SSSR count). The zero-order chi connectivity index (χ0) is 16.2. The molecule has 3 N–H and O–H groups in total. The maximum atomic E-state index is 12.3. The van der Waals surface area contributed by atoms with Gasteiger partial charge in [-0.05, 0) is 24.3 Å². The van der Waals surface area contributed by atoms with Crippen molar-refractivity contribution in [3.8, 4) is 5.82 Å². The normalized spacial score (nSPS) is 10.3. The molecule has 0 saturated heterocycles. The van der Waals surface area contributed by atoms with Crippen molar-refractivity contribution in [2.45, 2.75) is 0 Å². The van der Waals surface area contributed by atoms with E-state index in [1.165, 1.54) is 12.3 Å². The average molecular weight is 308 g/mol. The minimum absolute atomic E-state index is 0.0722. The largest absolute Gasteiger partial charge is 0.364 e. The second-order valence-electron chi connectivity index (χ2n) is 4.60. The van der Waals surface area contributed by atoms with Crippen LogP contribution in [0.15, 0.2) is 55.2 Å². The molecule has 0 aliphatic rings. The van der Waals surface area contributed by atoms with Crippen molar-refractivity contribution >= 4 is 17.5 Å². The number of nitrogens with zero attached hydrogens (tertiary/aromatic N) is 4. The zero-order valence-electron chi connectivity index (χ0n) is 11.9. The number of nitrogens with one attached hydrogen (secondary N) is 1. The van der Waals surface area contributed by atoms with Gasteiger partial charge in [0.1, 0.15) is 23.5 Å². The Morgan fingerprint density at radius 3 is 2.74 bits per heavy atom. The summed E-state index contributed by atoms with van der Waals surface area (Å²) in [4.78, 5) is 35.4. The third-order valence-electron chi connectivity index (χ3n) is 3.01. The van der Waals surface area contributed by atoms with E-state index in [0.717, 1.165) is 0 Å². The van der Waals surface area contributed by atoms with Crippen molar-refractivity contribution in [1.82, 2.24) is 19.5 Å². The lowest BCUT2D eigenvalue weighted by atomic mass is 10.3. The number of nitrogens with two attached hydrogens (primary N) is 1.